The molecule has 1 aromatic rings. The minimum Gasteiger partial charge on any atom is -0.299 e. The highest BCUT2D eigenvalue weighted by molar-refractivity contribution is 5.83. The van der Waals surface area contributed by atoms with E-state index in [0.29, 0.717) is 11.1 Å². The smallest absolute Gasteiger partial charge is 0.137 e. The Labute approximate surface area is 82.0 Å². The Balaban J connectivity index is 3.25. The Hall–Kier alpha value is -1.69. The molecule has 3 heteroatoms. The second-order valence-electron chi connectivity index (χ2n) is 3.18. The predicted octanol–water partition coefficient (Wildman–Crippen LogP) is 2.39. The number of carbonyl (C=O) groups excluding carboxylic acids is 1. The Morgan fingerprint density at radius 1 is 1.57 bits per heavy atom. The number of hydrogen-bond donors (Lipinski definition) is 0. The summed E-state index contributed by atoms with van der Waals surface area (Å²) in [6, 6.07) is 5.79. The Kier molecular flexibility index (Phi) is 2.98. The molecule has 0 bridgehead atoms. The van der Waals surface area contributed by atoms with E-state index < -0.39 is 11.7 Å². The number of hydrogen-bond acceptors (Lipinski definition) is 2. The summed E-state index contributed by atoms with van der Waals surface area (Å²) in [4.78, 5) is 11.1. The molecule has 0 aliphatic rings. The Bertz CT molecular complexity index is 406. The van der Waals surface area contributed by atoms with Gasteiger partial charge in [0.25, 0.3) is 0 Å². The zero-order chi connectivity index (χ0) is 10.7. The van der Waals surface area contributed by atoms with Crippen molar-refractivity contribution in [3.63, 3.8) is 0 Å². The molecule has 14 heavy (non-hydrogen) atoms. The van der Waals surface area contributed by atoms with Crippen LogP contribution in [0.5, 0.6) is 0 Å². The van der Waals surface area contributed by atoms with Crippen LogP contribution in [0.1, 0.15) is 30.9 Å². The molecule has 0 amide bonds. The monoisotopic (exact) mass is 191 g/mol. The van der Waals surface area contributed by atoms with Crippen molar-refractivity contribution in [1.29, 1.82) is 5.26 Å². The molecule has 0 N–H and O–H groups in total. The first-order valence-corrected chi connectivity index (χ1v) is 4.26. The van der Waals surface area contributed by atoms with Crippen molar-refractivity contribution in [2.75, 3.05) is 0 Å². The average Bonchev–Trinajstić information content (AvgIpc) is 2.16. The molecule has 2 nitrogen and oxygen atoms in total. The second kappa shape index (κ2) is 4.01. The van der Waals surface area contributed by atoms with Gasteiger partial charge >= 0.3 is 0 Å². The first-order chi connectivity index (χ1) is 6.56. The van der Waals surface area contributed by atoms with Gasteiger partial charge in [-0.3, -0.25) is 4.79 Å². The van der Waals surface area contributed by atoms with E-state index in [4.69, 9.17) is 5.26 Å². The van der Waals surface area contributed by atoms with Gasteiger partial charge in [0.1, 0.15) is 11.6 Å². The quantitative estimate of drug-likeness (QED) is 0.720. The summed E-state index contributed by atoms with van der Waals surface area (Å²) in [7, 11) is 0. The molecule has 1 rings (SSSR count). The van der Waals surface area contributed by atoms with E-state index in [0.717, 1.165) is 0 Å². The zero-order valence-corrected chi connectivity index (χ0v) is 8.04. The van der Waals surface area contributed by atoms with Crippen molar-refractivity contribution in [1.82, 2.24) is 0 Å². The van der Waals surface area contributed by atoms with Gasteiger partial charge in [0.15, 0.2) is 0 Å². The van der Waals surface area contributed by atoms with Gasteiger partial charge in [0.2, 0.25) is 0 Å². The molecule has 0 aliphatic carbocycles. The van der Waals surface area contributed by atoms with Crippen LogP contribution < -0.4 is 0 Å². The lowest BCUT2D eigenvalue weighted by atomic mass is 9.93. The van der Waals surface area contributed by atoms with Gasteiger partial charge < -0.3 is 0 Å². The molecule has 1 aromatic carbocycles. The van der Waals surface area contributed by atoms with E-state index in [1.165, 1.54) is 25.1 Å². The van der Waals surface area contributed by atoms with Crippen LogP contribution in [-0.4, -0.2) is 5.78 Å². The molecule has 1 atom stereocenters. The number of benzene rings is 1. The third-order valence-corrected chi connectivity index (χ3v) is 2.21. The maximum atomic E-state index is 12.9. The summed E-state index contributed by atoms with van der Waals surface area (Å²) in [5.74, 6) is -0.931. The fourth-order valence-corrected chi connectivity index (χ4v) is 1.21. The highest BCUT2D eigenvalue weighted by Gasteiger charge is 2.15. The molecule has 0 aromatic heterocycles. The van der Waals surface area contributed by atoms with Crippen molar-refractivity contribution in [2.24, 2.45) is 0 Å². The molecule has 0 radical (unpaired) electrons. The number of ketones is 1. The summed E-state index contributed by atoms with van der Waals surface area (Å²) >= 11 is 0. The van der Waals surface area contributed by atoms with E-state index in [-0.39, 0.29) is 5.78 Å². The van der Waals surface area contributed by atoms with Crippen molar-refractivity contribution in [3.05, 3.63) is 35.1 Å². The maximum Gasteiger partial charge on any atom is 0.137 e. The first-order valence-electron chi connectivity index (χ1n) is 4.26. The van der Waals surface area contributed by atoms with Crippen molar-refractivity contribution >= 4 is 5.78 Å². The van der Waals surface area contributed by atoms with Crippen LogP contribution in [0.15, 0.2) is 18.2 Å². The number of rotatable bonds is 2. The summed E-state index contributed by atoms with van der Waals surface area (Å²) in [6.45, 7) is 3.09. The lowest BCUT2D eigenvalue weighted by Crippen LogP contribution is -2.06. The van der Waals surface area contributed by atoms with E-state index in [1.54, 1.807) is 6.92 Å². The number of nitriles is 1. The third-order valence-electron chi connectivity index (χ3n) is 2.21. The fourth-order valence-electron chi connectivity index (χ4n) is 1.21. The molecule has 0 heterocycles. The van der Waals surface area contributed by atoms with Gasteiger partial charge in [-0.05, 0) is 30.7 Å². The summed E-state index contributed by atoms with van der Waals surface area (Å²) in [5, 5.41) is 8.76. The summed E-state index contributed by atoms with van der Waals surface area (Å²) in [6.07, 6.45) is 0. The number of halogens is 1. The van der Waals surface area contributed by atoms with Gasteiger partial charge in [-0.1, -0.05) is 6.92 Å². The molecule has 72 valence electrons. The minimum atomic E-state index is -0.430. The molecule has 0 spiro atoms. The van der Waals surface area contributed by atoms with Gasteiger partial charge in [-0.2, -0.15) is 5.26 Å². The summed E-state index contributed by atoms with van der Waals surface area (Å²) < 4.78 is 12.9. The largest absolute Gasteiger partial charge is 0.299 e. The maximum absolute atomic E-state index is 12.9. The molecule has 0 aliphatic heterocycles. The van der Waals surface area contributed by atoms with Gasteiger partial charge in [-0.25, -0.2) is 4.39 Å². The zero-order valence-electron chi connectivity index (χ0n) is 8.04. The van der Waals surface area contributed by atoms with Crippen LogP contribution in [0.2, 0.25) is 0 Å². The Morgan fingerprint density at radius 3 is 2.71 bits per heavy atom. The molecule has 0 unspecified atom stereocenters. The van der Waals surface area contributed by atoms with Gasteiger partial charge in [0.05, 0.1) is 11.6 Å². The van der Waals surface area contributed by atoms with Crippen LogP contribution >= 0.6 is 0 Å². The topological polar surface area (TPSA) is 40.9 Å². The van der Waals surface area contributed by atoms with Crippen LogP contribution in [0.3, 0.4) is 0 Å². The Morgan fingerprint density at radius 2 is 2.21 bits per heavy atom. The molecule has 0 saturated carbocycles. The number of Topliss-reactive ketones (excluding diaryl/α,β-unsaturated/α-hetero) is 1. The molecular formula is C11H10FNO. The van der Waals surface area contributed by atoms with E-state index in [2.05, 4.69) is 0 Å². The molecular weight excluding hydrogens is 181 g/mol. The highest BCUT2D eigenvalue weighted by Crippen LogP contribution is 2.21. The van der Waals surface area contributed by atoms with Crippen molar-refractivity contribution in [2.45, 2.75) is 19.8 Å². The van der Waals surface area contributed by atoms with E-state index >= 15 is 0 Å². The lowest BCUT2D eigenvalue weighted by molar-refractivity contribution is -0.118. The van der Waals surface area contributed by atoms with Crippen LogP contribution in [0.4, 0.5) is 4.39 Å². The summed E-state index contributed by atoms with van der Waals surface area (Å²) in [5.41, 5.74) is 0.814. The number of nitrogens with zero attached hydrogens (tertiary/aromatic N) is 1. The lowest BCUT2D eigenvalue weighted by Gasteiger charge is -2.09. The normalized spacial score (nSPS) is 11.9. The van der Waals surface area contributed by atoms with E-state index in [9.17, 15) is 9.18 Å². The highest BCUT2D eigenvalue weighted by atomic mass is 19.1. The standard InChI is InChI=1S/C11H10FNO/c1-7(8(2)14)11-5-10(12)4-3-9(11)6-13/h3-5,7H,1-2H3/t7-/m1/s1. The first kappa shape index (κ1) is 10.4. The predicted molar refractivity (Wildman–Crippen MR) is 50.2 cm³/mol. The number of carbonyl (C=O) groups is 1. The third kappa shape index (κ3) is 1.97. The van der Waals surface area contributed by atoms with Crippen LogP contribution in [-0.2, 0) is 4.79 Å². The average molecular weight is 191 g/mol. The van der Waals surface area contributed by atoms with Crippen LogP contribution in [0.25, 0.3) is 0 Å². The SMILES string of the molecule is CC(=O)[C@@H](C)c1cc(F)ccc1C#N. The minimum absolute atomic E-state index is 0.0768. The second-order valence-corrected chi connectivity index (χ2v) is 3.18. The molecule has 0 saturated heterocycles. The molecule has 0 fully saturated rings. The van der Waals surface area contributed by atoms with E-state index in [1.807, 2.05) is 6.07 Å². The van der Waals surface area contributed by atoms with Crippen molar-refractivity contribution in [3.8, 4) is 6.07 Å². The fraction of sp³-hybridized carbons (Fsp3) is 0.273. The van der Waals surface area contributed by atoms with Crippen molar-refractivity contribution < 1.29 is 9.18 Å². The van der Waals surface area contributed by atoms with Crippen LogP contribution in [0, 0.1) is 17.1 Å². The van der Waals surface area contributed by atoms with Gasteiger partial charge in [-0.15, -0.1) is 0 Å². The van der Waals surface area contributed by atoms with Gasteiger partial charge in [0, 0.05) is 5.92 Å².